The van der Waals surface area contributed by atoms with E-state index in [9.17, 15) is 19.2 Å². The largest absolute Gasteiger partial charge is 0.457 e. The molecular weight excluding hydrogens is 711 g/mol. The Morgan fingerprint density at radius 2 is 1.62 bits per heavy atom. The summed E-state index contributed by atoms with van der Waals surface area (Å²) < 4.78 is 5.92. The van der Waals surface area contributed by atoms with Crippen LogP contribution in [-0.4, -0.2) is 99.8 Å². The van der Waals surface area contributed by atoms with Gasteiger partial charge in [0.05, 0.1) is 22.4 Å². The molecule has 4 fully saturated rings. The molecule has 56 heavy (non-hydrogen) atoms. The van der Waals surface area contributed by atoms with Crippen LogP contribution in [0.3, 0.4) is 0 Å². The lowest BCUT2D eigenvalue weighted by Crippen LogP contribution is -2.69. The summed E-state index contributed by atoms with van der Waals surface area (Å²) in [5.41, 5.74) is 8.18. The van der Waals surface area contributed by atoms with Crippen molar-refractivity contribution in [3.05, 3.63) is 101 Å². The number of carbonyl (C=O) groups is 4. The minimum Gasteiger partial charge on any atom is -0.457 e. The Balaban J connectivity index is 0.773. The maximum atomic E-state index is 13.5. The smallest absolute Gasteiger partial charge is 0.262 e. The quantitative estimate of drug-likeness (QED) is 0.103. The van der Waals surface area contributed by atoms with Crippen LogP contribution in [0.1, 0.15) is 70.4 Å². The Morgan fingerprint density at radius 1 is 0.911 bits per heavy atom. The number of likely N-dealkylation sites (tertiary alicyclic amines) is 1. The van der Waals surface area contributed by atoms with Crippen molar-refractivity contribution in [2.24, 2.45) is 5.41 Å². The van der Waals surface area contributed by atoms with Crippen LogP contribution in [0.25, 0.3) is 0 Å². The van der Waals surface area contributed by atoms with E-state index in [1.165, 1.54) is 6.33 Å². The highest BCUT2D eigenvalue weighted by Crippen LogP contribution is 2.46. The van der Waals surface area contributed by atoms with Crippen LogP contribution in [0.5, 0.6) is 11.5 Å². The second kappa shape index (κ2) is 13.9. The van der Waals surface area contributed by atoms with Crippen molar-refractivity contribution in [1.29, 1.82) is 5.41 Å². The number of ether oxygens (including phenoxy) is 1. The molecular formula is C42H43N9O5. The third-order valence-corrected chi connectivity index (χ3v) is 12.4. The first kappa shape index (κ1) is 35.5. The van der Waals surface area contributed by atoms with Gasteiger partial charge in [-0.05, 0) is 92.1 Å². The summed E-state index contributed by atoms with van der Waals surface area (Å²) >= 11 is 0. The van der Waals surface area contributed by atoms with Gasteiger partial charge >= 0.3 is 0 Å². The minimum absolute atomic E-state index is 0.0673. The summed E-state index contributed by atoms with van der Waals surface area (Å²) in [6.45, 7) is 3.70. The van der Waals surface area contributed by atoms with E-state index in [1.807, 2.05) is 60.7 Å². The molecule has 1 unspecified atom stereocenters. The van der Waals surface area contributed by atoms with Gasteiger partial charge in [0.25, 0.3) is 11.8 Å². The van der Waals surface area contributed by atoms with Gasteiger partial charge in [-0.15, -0.1) is 0 Å². The molecule has 14 heteroatoms. The van der Waals surface area contributed by atoms with Crippen molar-refractivity contribution in [3.8, 4) is 11.5 Å². The molecule has 14 nitrogen and oxygen atoms in total. The monoisotopic (exact) mass is 753 g/mol. The summed E-state index contributed by atoms with van der Waals surface area (Å²) in [6, 6.07) is 22.9. The van der Waals surface area contributed by atoms with Crippen LogP contribution < -0.4 is 26.0 Å². The van der Waals surface area contributed by atoms with Crippen molar-refractivity contribution in [3.63, 3.8) is 0 Å². The number of amides is 3. The lowest BCUT2D eigenvalue weighted by Gasteiger charge is -2.59. The molecule has 3 saturated heterocycles. The van der Waals surface area contributed by atoms with Gasteiger partial charge in [-0.1, -0.05) is 18.2 Å². The fraction of sp³-hybridized carbons (Fsp3) is 0.357. The summed E-state index contributed by atoms with van der Waals surface area (Å²) in [6.07, 6.45) is 6.44. The van der Waals surface area contributed by atoms with Gasteiger partial charge in [0.1, 0.15) is 41.3 Å². The van der Waals surface area contributed by atoms with Crippen molar-refractivity contribution in [1.82, 2.24) is 25.1 Å². The number of imide groups is 1. The predicted molar refractivity (Wildman–Crippen MR) is 209 cm³/mol. The van der Waals surface area contributed by atoms with E-state index in [0.29, 0.717) is 51.6 Å². The van der Waals surface area contributed by atoms with Crippen LogP contribution in [0.4, 0.5) is 17.3 Å². The number of nitrogens with zero attached hydrogens (tertiary/aromatic N) is 5. The third-order valence-electron chi connectivity index (χ3n) is 12.4. The van der Waals surface area contributed by atoms with Gasteiger partial charge in [0.15, 0.2) is 0 Å². The van der Waals surface area contributed by atoms with Crippen LogP contribution in [0, 0.1) is 10.8 Å². The van der Waals surface area contributed by atoms with E-state index in [2.05, 4.69) is 30.4 Å². The molecule has 0 bridgehead atoms. The third kappa shape index (κ3) is 6.23. The Labute approximate surface area is 323 Å². The van der Waals surface area contributed by atoms with E-state index >= 15 is 0 Å². The number of carbonyl (C=O) groups excluding carboxylic acids is 4. The molecule has 5 heterocycles. The highest BCUT2D eigenvalue weighted by atomic mass is 16.5. The molecule has 4 aliphatic heterocycles. The second-order valence-electron chi connectivity index (χ2n) is 15.9. The molecule has 1 atom stereocenters. The summed E-state index contributed by atoms with van der Waals surface area (Å²) in [5.74, 6) is 1.08. The number of benzene rings is 3. The van der Waals surface area contributed by atoms with Gasteiger partial charge in [-0.3, -0.25) is 29.6 Å². The normalized spacial score (nSPS) is 22.2. The number of fused-ring (bicyclic) bond motifs is 1. The molecule has 5 N–H and O–H groups in total. The molecule has 0 radical (unpaired) electrons. The van der Waals surface area contributed by atoms with Crippen molar-refractivity contribution >= 4 is 47.0 Å². The van der Waals surface area contributed by atoms with Crippen molar-refractivity contribution < 1.29 is 23.9 Å². The predicted octanol–water partition coefficient (Wildman–Crippen LogP) is 4.26. The van der Waals surface area contributed by atoms with Gasteiger partial charge in [-0.2, -0.15) is 0 Å². The SMILES string of the molecule is N=C(c1ccc(Oc2ccccc2)cc1)c1c(N)ncnc1NC1CCC2(CC1)CN(C1CN(c3ccc4c(c3)C(=O)N(C3(C=O)CCC(=O)NC3)C4=O)C1)C2. The number of para-hydroxylation sites is 1. The summed E-state index contributed by atoms with van der Waals surface area (Å²) in [4.78, 5) is 65.3. The summed E-state index contributed by atoms with van der Waals surface area (Å²) in [7, 11) is 0. The van der Waals surface area contributed by atoms with E-state index < -0.39 is 17.4 Å². The van der Waals surface area contributed by atoms with Crippen molar-refractivity contribution in [2.75, 3.05) is 48.7 Å². The number of anilines is 3. The first-order chi connectivity index (χ1) is 27.1. The maximum Gasteiger partial charge on any atom is 0.262 e. The number of hydrogen-bond donors (Lipinski definition) is 4. The van der Waals surface area contributed by atoms with E-state index in [1.54, 1.807) is 12.1 Å². The number of nitrogens with one attached hydrogen (secondary N) is 3. The number of aldehydes is 1. The van der Waals surface area contributed by atoms with Crippen LogP contribution in [0.15, 0.2) is 79.1 Å². The fourth-order valence-corrected chi connectivity index (χ4v) is 9.00. The van der Waals surface area contributed by atoms with Crippen LogP contribution in [-0.2, 0) is 9.59 Å². The Kier molecular flexibility index (Phi) is 8.79. The van der Waals surface area contributed by atoms with E-state index in [-0.39, 0.29) is 42.9 Å². The fourth-order valence-electron chi connectivity index (χ4n) is 9.00. The van der Waals surface area contributed by atoms with Crippen LogP contribution >= 0.6 is 0 Å². The first-order valence-electron chi connectivity index (χ1n) is 19.2. The molecule has 4 aromatic rings. The molecule has 3 amide bonds. The molecule has 1 saturated carbocycles. The topological polar surface area (TPSA) is 187 Å². The van der Waals surface area contributed by atoms with Crippen LogP contribution in [0.2, 0.25) is 0 Å². The molecule has 3 aromatic carbocycles. The molecule has 1 aromatic heterocycles. The molecule has 1 aliphatic carbocycles. The average Bonchev–Trinajstić information content (AvgIpc) is 3.44. The number of piperidine rings is 1. The standard InChI is InChI=1S/C42H43N9O5/c43-36(26-6-9-31(10-7-26)56-30-4-2-1-3-5-30)35-37(44)46-25-47-38(35)48-27-12-15-41(16-13-27)22-50(23-41)29-19-49(20-29)28-8-11-32-33(18-28)40(55)51(39(32)54)42(24-52)17-14-34(53)45-21-42/h1-11,18,24-25,27,29,43H,12-17,19-23H2,(H,45,53)(H3,44,46,47,48). The molecule has 9 rings (SSSR count). The molecule has 5 aliphatic rings. The second-order valence-corrected chi connectivity index (χ2v) is 15.9. The highest BCUT2D eigenvalue weighted by Gasteiger charge is 2.52. The summed E-state index contributed by atoms with van der Waals surface area (Å²) in [5, 5.41) is 15.3. The van der Waals surface area contributed by atoms with Crippen molar-refractivity contribution in [2.45, 2.75) is 56.1 Å². The minimum atomic E-state index is -1.37. The maximum absolute atomic E-state index is 13.5. The lowest BCUT2D eigenvalue weighted by atomic mass is 9.66. The van der Waals surface area contributed by atoms with E-state index in [4.69, 9.17) is 15.9 Å². The van der Waals surface area contributed by atoms with Gasteiger partial charge < -0.3 is 30.8 Å². The number of rotatable bonds is 10. The van der Waals surface area contributed by atoms with E-state index in [0.717, 1.165) is 68.2 Å². The number of hydrogen-bond acceptors (Lipinski definition) is 12. The Bertz CT molecular complexity index is 2210. The zero-order valence-electron chi connectivity index (χ0n) is 30.9. The molecule has 286 valence electrons. The lowest BCUT2D eigenvalue weighted by molar-refractivity contribution is -0.127. The molecule has 1 spiro atoms. The van der Waals surface area contributed by atoms with Gasteiger partial charge in [0, 0.05) is 62.5 Å². The number of aromatic nitrogens is 2. The Morgan fingerprint density at radius 3 is 2.32 bits per heavy atom. The number of nitrogen functional groups attached to an aromatic ring is 1. The Hall–Kier alpha value is -6.15. The zero-order valence-corrected chi connectivity index (χ0v) is 30.9. The van der Waals surface area contributed by atoms with Gasteiger partial charge in [0.2, 0.25) is 5.91 Å². The first-order valence-corrected chi connectivity index (χ1v) is 19.2. The average molecular weight is 754 g/mol. The zero-order chi connectivity index (χ0) is 38.6. The highest BCUT2D eigenvalue weighted by molar-refractivity contribution is 6.23. The number of nitrogens with two attached hydrogens (primary N) is 1. The van der Waals surface area contributed by atoms with Gasteiger partial charge in [-0.25, -0.2) is 9.97 Å².